The maximum atomic E-state index is 6.23. The predicted octanol–water partition coefficient (Wildman–Crippen LogP) is 4.01. The quantitative estimate of drug-likeness (QED) is 0.597. The van der Waals surface area contributed by atoms with E-state index in [0.29, 0.717) is 11.4 Å². The highest BCUT2D eigenvalue weighted by Gasteiger charge is 2.15. The van der Waals surface area contributed by atoms with E-state index >= 15 is 0 Å². The molecule has 0 spiro atoms. The number of nitrogens with zero attached hydrogens (tertiary/aromatic N) is 1. The standard InChI is InChI=1S/C13H12Br2ClN3/c14-9-1-2-12(16)11(5-9)13(19-17)4-8-3-10(15)7-18-6-8/h1-3,5-7,13,19H,4,17H2. The Morgan fingerprint density at radius 2 is 2.00 bits per heavy atom. The normalized spacial score (nSPS) is 12.4. The number of hydrazine groups is 1. The summed E-state index contributed by atoms with van der Waals surface area (Å²) in [7, 11) is 0. The first-order valence-corrected chi connectivity index (χ1v) is 7.57. The Morgan fingerprint density at radius 3 is 2.68 bits per heavy atom. The van der Waals surface area contributed by atoms with Crippen molar-refractivity contribution < 1.29 is 0 Å². The minimum atomic E-state index is -0.0684. The summed E-state index contributed by atoms with van der Waals surface area (Å²) in [6.45, 7) is 0. The molecule has 0 fully saturated rings. The lowest BCUT2D eigenvalue weighted by molar-refractivity contribution is 0.551. The highest BCUT2D eigenvalue weighted by atomic mass is 79.9. The number of rotatable bonds is 4. The van der Waals surface area contributed by atoms with Crippen LogP contribution >= 0.6 is 43.5 Å². The van der Waals surface area contributed by atoms with Crippen LogP contribution in [0, 0.1) is 0 Å². The smallest absolute Gasteiger partial charge is 0.0516 e. The van der Waals surface area contributed by atoms with E-state index in [4.69, 9.17) is 17.4 Å². The van der Waals surface area contributed by atoms with Crippen LogP contribution in [0.25, 0.3) is 0 Å². The molecule has 0 saturated carbocycles. The fourth-order valence-electron chi connectivity index (χ4n) is 1.84. The number of benzene rings is 1. The minimum absolute atomic E-state index is 0.0684. The molecule has 0 aliphatic rings. The molecule has 19 heavy (non-hydrogen) atoms. The third-order valence-electron chi connectivity index (χ3n) is 2.74. The van der Waals surface area contributed by atoms with Crippen molar-refractivity contribution in [2.75, 3.05) is 0 Å². The van der Waals surface area contributed by atoms with Gasteiger partial charge in [-0.15, -0.1) is 0 Å². The molecular weight excluding hydrogens is 393 g/mol. The molecular formula is C13H12Br2ClN3. The number of aromatic nitrogens is 1. The number of hydrogen-bond donors (Lipinski definition) is 2. The van der Waals surface area contributed by atoms with Crippen LogP contribution < -0.4 is 11.3 Å². The van der Waals surface area contributed by atoms with Gasteiger partial charge in [-0.2, -0.15) is 0 Å². The largest absolute Gasteiger partial charge is 0.271 e. The fraction of sp³-hybridized carbons (Fsp3) is 0.154. The van der Waals surface area contributed by atoms with Gasteiger partial charge in [-0.05, 0) is 57.7 Å². The molecule has 1 atom stereocenters. The van der Waals surface area contributed by atoms with Gasteiger partial charge in [-0.3, -0.25) is 16.3 Å². The number of hydrogen-bond acceptors (Lipinski definition) is 3. The highest BCUT2D eigenvalue weighted by molar-refractivity contribution is 9.10. The van der Waals surface area contributed by atoms with E-state index in [1.807, 2.05) is 30.5 Å². The van der Waals surface area contributed by atoms with Gasteiger partial charge in [0.05, 0.1) is 6.04 Å². The lowest BCUT2D eigenvalue weighted by Crippen LogP contribution is -2.29. The van der Waals surface area contributed by atoms with Crippen LogP contribution in [-0.2, 0) is 6.42 Å². The molecule has 1 aromatic carbocycles. The minimum Gasteiger partial charge on any atom is -0.271 e. The van der Waals surface area contributed by atoms with Crippen molar-refractivity contribution in [2.45, 2.75) is 12.5 Å². The van der Waals surface area contributed by atoms with Gasteiger partial charge in [0, 0.05) is 26.4 Å². The van der Waals surface area contributed by atoms with Crippen molar-refractivity contribution in [1.29, 1.82) is 0 Å². The number of nitrogens with two attached hydrogens (primary N) is 1. The number of nitrogens with one attached hydrogen (secondary N) is 1. The van der Waals surface area contributed by atoms with Crippen molar-refractivity contribution in [2.24, 2.45) is 5.84 Å². The summed E-state index contributed by atoms with van der Waals surface area (Å²) in [5, 5.41) is 0.689. The van der Waals surface area contributed by atoms with Crippen LogP contribution in [-0.4, -0.2) is 4.98 Å². The summed E-state index contributed by atoms with van der Waals surface area (Å²) in [6, 6.07) is 7.67. The average Bonchev–Trinajstić information content (AvgIpc) is 2.39. The van der Waals surface area contributed by atoms with Crippen LogP contribution in [0.5, 0.6) is 0 Å². The SMILES string of the molecule is NNC(Cc1cncc(Br)c1)c1cc(Br)ccc1Cl. The van der Waals surface area contributed by atoms with Crippen LogP contribution in [0.1, 0.15) is 17.2 Å². The molecule has 3 N–H and O–H groups in total. The van der Waals surface area contributed by atoms with E-state index in [-0.39, 0.29) is 6.04 Å². The molecule has 0 aliphatic heterocycles. The molecule has 2 aromatic rings. The summed E-state index contributed by atoms with van der Waals surface area (Å²) in [4.78, 5) is 4.15. The average molecular weight is 406 g/mol. The van der Waals surface area contributed by atoms with E-state index in [1.165, 1.54) is 0 Å². The van der Waals surface area contributed by atoms with Crippen molar-refractivity contribution in [3.8, 4) is 0 Å². The molecule has 100 valence electrons. The third kappa shape index (κ3) is 4.00. The molecule has 0 bridgehead atoms. The van der Waals surface area contributed by atoms with E-state index in [0.717, 1.165) is 20.1 Å². The lowest BCUT2D eigenvalue weighted by atomic mass is 10.0. The van der Waals surface area contributed by atoms with E-state index < -0.39 is 0 Å². The summed E-state index contributed by atoms with van der Waals surface area (Å²) >= 11 is 13.1. The maximum Gasteiger partial charge on any atom is 0.0516 e. The van der Waals surface area contributed by atoms with Crippen molar-refractivity contribution in [3.05, 3.63) is 61.8 Å². The highest BCUT2D eigenvalue weighted by Crippen LogP contribution is 2.28. The molecule has 0 aliphatic carbocycles. The molecule has 1 aromatic heterocycles. The van der Waals surface area contributed by atoms with Gasteiger partial charge in [0.1, 0.15) is 0 Å². The van der Waals surface area contributed by atoms with E-state index in [2.05, 4.69) is 42.3 Å². The second-order valence-corrected chi connectivity index (χ2v) is 6.34. The third-order valence-corrected chi connectivity index (χ3v) is 4.01. The lowest BCUT2D eigenvalue weighted by Gasteiger charge is -2.18. The fourth-order valence-corrected chi connectivity index (χ4v) is 2.88. The van der Waals surface area contributed by atoms with Gasteiger partial charge in [-0.1, -0.05) is 27.5 Å². The zero-order valence-electron chi connectivity index (χ0n) is 9.91. The first-order valence-electron chi connectivity index (χ1n) is 5.60. The molecule has 2 rings (SSSR count). The van der Waals surface area contributed by atoms with E-state index in [9.17, 15) is 0 Å². The Kier molecular flexibility index (Phi) is 5.36. The zero-order chi connectivity index (χ0) is 13.8. The Balaban J connectivity index is 2.27. The Labute approximate surface area is 133 Å². The second kappa shape index (κ2) is 6.81. The van der Waals surface area contributed by atoms with Crippen LogP contribution in [0.4, 0.5) is 0 Å². The maximum absolute atomic E-state index is 6.23. The summed E-state index contributed by atoms with van der Waals surface area (Å²) in [6.07, 6.45) is 4.28. The monoisotopic (exact) mass is 403 g/mol. The predicted molar refractivity (Wildman–Crippen MR) is 84.9 cm³/mol. The van der Waals surface area contributed by atoms with Crippen LogP contribution in [0.15, 0.2) is 45.6 Å². The summed E-state index contributed by atoms with van der Waals surface area (Å²) in [5.74, 6) is 5.65. The Hall–Kier alpha value is -0.460. The molecule has 0 saturated heterocycles. The first-order chi connectivity index (χ1) is 9.10. The molecule has 1 heterocycles. The number of halogens is 3. The molecule has 0 amide bonds. The van der Waals surface area contributed by atoms with Gasteiger partial charge < -0.3 is 0 Å². The summed E-state index contributed by atoms with van der Waals surface area (Å²) < 4.78 is 1.92. The van der Waals surface area contributed by atoms with E-state index in [1.54, 1.807) is 6.20 Å². The van der Waals surface area contributed by atoms with Gasteiger partial charge >= 0.3 is 0 Å². The van der Waals surface area contributed by atoms with Gasteiger partial charge in [0.25, 0.3) is 0 Å². The van der Waals surface area contributed by atoms with Gasteiger partial charge in [-0.25, -0.2) is 0 Å². The molecule has 3 nitrogen and oxygen atoms in total. The first kappa shape index (κ1) is 14.9. The van der Waals surface area contributed by atoms with Crippen molar-refractivity contribution in [3.63, 3.8) is 0 Å². The van der Waals surface area contributed by atoms with Gasteiger partial charge in [0.2, 0.25) is 0 Å². The topological polar surface area (TPSA) is 50.9 Å². The Bertz CT molecular complexity index is 578. The van der Waals surface area contributed by atoms with Crippen LogP contribution in [0.3, 0.4) is 0 Å². The summed E-state index contributed by atoms with van der Waals surface area (Å²) in [5.41, 5.74) is 4.84. The van der Waals surface area contributed by atoms with Crippen molar-refractivity contribution in [1.82, 2.24) is 10.4 Å². The van der Waals surface area contributed by atoms with Crippen molar-refractivity contribution >= 4 is 43.5 Å². The zero-order valence-corrected chi connectivity index (χ0v) is 13.8. The second-order valence-electron chi connectivity index (χ2n) is 4.10. The molecule has 1 unspecified atom stereocenters. The Morgan fingerprint density at radius 1 is 1.21 bits per heavy atom. The molecule has 0 radical (unpaired) electrons. The van der Waals surface area contributed by atoms with Gasteiger partial charge in [0.15, 0.2) is 0 Å². The number of pyridine rings is 1. The van der Waals surface area contributed by atoms with Crippen LogP contribution in [0.2, 0.25) is 5.02 Å². The molecule has 6 heteroatoms.